The number of halogens is 3. The monoisotopic (exact) mass is 560 g/mol. The summed E-state index contributed by atoms with van der Waals surface area (Å²) in [5.41, 5.74) is 0.838. The fraction of sp³-hybridized carbons (Fsp3) is 0.483. The molecule has 1 saturated heterocycles. The number of nitrogens with one attached hydrogen (secondary N) is 3. The molecule has 0 spiro atoms. The summed E-state index contributed by atoms with van der Waals surface area (Å²) in [4.78, 5) is 28.1. The Morgan fingerprint density at radius 3 is 2.60 bits per heavy atom. The molecule has 2 aromatic rings. The van der Waals surface area contributed by atoms with Crippen LogP contribution in [0.25, 0.3) is 0 Å². The quantitative estimate of drug-likeness (QED) is 0.388. The van der Waals surface area contributed by atoms with Gasteiger partial charge in [-0.2, -0.15) is 13.2 Å². The number of hydrogen-bond donors (Lipinski definition) is 3. The zero-order valence-electron chi connectivity index (χ0n) is 22.8. The summed E-state index contributed by atoms with van der Waals surface area (Å²) in [5.74, 6) is -0.669. The van der Waals surface area contributed by atoms with E-state index in [4.69, 9.17) is 14.9 Å². The molecule has 0 radical (unpaired) electrons. The highest BCUT2D eigenvalue weighted by atomic mass is 19.4. The van der Waals surface area contributed by atoms with E-state index in [1.54, 1.807) is 49.6 Å². The first-order valence-electron chi connectivity index (χ1n) is 13.4. The number of alkyl halides is 3. The standard InChI is InChI=1S/C29H35F3N4O4/c1-4-28(5-2)17-25(37)36(27(33)35-28)22(13-14-39-3)18-9-8-10-19(15-18)26(38)34-21-16-24(29(30,31)32)40-23-12-7-6-11-20(21)23/h6-12,15,21-22,24H,4-5,13-14,16-17H2,1-3H3,(H2,33,35)(H,34,38)/t21-,22-,24?/m0/s1. The minimum Gasteiger partial charge on any atom is -0.480 e. The van der Waals surface area contributed by atoms with Gasteiger partial charge in [-0.05, 0) is 43.0 Å². The smallest absolute Gasteiger partial charge is 0.425 e. The maximum Gasteiger partial charge on any atom is 0.425 e. The van der Waals surface area contributed by atoms with Gasteiger partial charge in [-0.25, -0.2) is 0 Å². The van der Waals surface area contributed by atoms with Crippen LogP contribution in [0.1, 0.15) is 79.5 Å². The summed E-state index contributed by atoms with van der Waals surface area (Å²) in [6.45, 7) is 4.26. The molecule has 0 aromatic heterocycles. The number of carbonyl (C=O) groups is 2. The number of nitrogens with zero attached hydrogens (tertiary/aromatic N) is 1. The number of guanidine groups is 1. The van der Waals surface area contributed by atoms with Crippen molar-refractivity contribution in [2.45, 2.75) is 75.9 Å². The van der Waals surface area contributed by atoms with Gasteiger partial charge in [-0.1, -0.05) is 44.2 Å². The lowest BCUT2D eigenvalue weighted by Gasteiger charge is -2.45. The van der Waals surface area contributed by atoms with Gasteiger partial charge in [0.1, 0.15) is 5.75 Å². The van der Waals surface area contributed by atoms with E-state index < -0.39 is 42.2 Å². The van der Waals surface area contributed by atoms with Crippen LogP contribution in [-0.4, -0.2) is 54.2 Å². The molecule has 2 aliphatic heterocycles. The first-order valence-corrected chi connectivity index (χ1v) is 13.4. The van der Waals surface area contributed by atoms with Gasteiger partial charge in [0.05, 0.1) is 18.5 Å². The Balaban J connectivity index is 1.60. The Bertz CT molecular complexity index is 1230. The molecule has 40 heavy (non-hydrogen) atoms. The van der Waals surface area contributed by atoms with Gasteiger partial charge in [0.25, 0.3) is 5.91 Å². The number of para-hydroxylation sites is 1. The van der Waals surface area contributed by atoms with Gasteiger partial charge in [-0.3, -0.25) is 19.9 Å². The molecule has 11 heteroatoms. The average molecular weight is 561 g/mol. The Labute approximate surface area is 231 Å². The molecular weight excluding hydrogens is 525 g/mol. The fourth-order valence-corrected chi connectivity index (χ4v) is 5.42. The van der Waals surface area contributed by atoms with Crippen LogP contribution < -0.4 is 15.4 Å². The number of hydrogen-bond acceptors (Lipinski definition) is 5. The Hall–Kier alpha value is -3.60. The van der Waals surface area contributed by atoms with Crippen molar-refractivity contribution in [1.29, 1.82) is 5.41 Å². The number of methoxy groups -OCH3 is 1. The normalized spacial score (nSPS) is 21.2. The molecular formula is C29H35F3N4O4. The zero-order chi connectivity index (χ0) is 29.1. The summed E-state index contributed by atoms with van der Waals surface area (Å²) in [6.07, 6.45) is -5.09. The van der Waals surface area contributed by atoms with E-state index in [0.29, 0.717) is 37.0 Å². The van der Waals surface area contributed by atoms with Gasteiger partial charge in [0.2, 0.25) is 5.91 Å². The Morgan fingerprint density at radius 1 is 1.23 bits per heavy atom. The largest absolute Gasteiger partial charge is 0.480 e. The number of amides is 2. The molecule has 216 valence electrons. The SMILES string of the molecule is CCC1(CC)CC(=O)N([C@@H](CCOC)c2cccc(C(=O)N[C@H]3CC(C(F)(F)F)Oc4ccccc43)c2)C(=N)N1. The molecule has 2 aromatic carbocycles. The summed E-state index contributed by atoms with van der Waals surface area (Å²) < 4.78 is 51.1. The molecule has 2 aliphatic rings. The first kappa shape index (κ1) is 29.4. The molecule has 2 amide bonds. The summed E-state index contributed by atoms with van der Waals surface area (Å²) in [6, 6.07) is 11.5. The van der Waals surface area contributed by atoms with Crippen LogP contribution in [-0.2, 0) is 9.53 Å². The maximum absolute atomic E-state index is 13.5. The molecule has 0 aliphatic carbocycles. The number of fused-ring (bicyclic) bond motifs is 1. The second-order valence-electron chi connectivity index (χ2n) is 10.3. The Morgan fingerprint density at radius 2 is 1.95 bits per heavy atom. The number of benzene rings is 2. The van der Waals surface area contributed by atoms with E-state index in [0.717, 1.165) is 0 Å². The molecule has 8 nitrogen and oxygen atoms in total. The highest BCUT2D eigenvalue weighted by Crippen LogP contribution is 2.40. The van der Waals surface area contributed by atoms with E-state index in [9.17, 15) is 22.8 Å². The van der Waals surface area contributed by atoms with Crippen LogP contribution in [0.2, 0.25) is 0 Å². The lowest BCUT2D eigenvalue weighted by Crippen LogP contribution is -2.62. The van der Waals surface area contributed by atoms with Crippen molar-refractivity contribution in [1.82, 2.24) is 15.5 Å². The summed E-state index contributed by atoms with van der Waals surface area (Å²) in [7, 11) is 1.54. The second kappa shape index (κ2) is 11.9. The van der Waals surface area contributed by atoms with E-state index in [1.165, 1.54) is 11.0 Å². The van der Waals surface area contributed by atoms with Crippen molar-refractivity contribution in [2.24, 2.45) is 0 Å². The van der Waals surface area contributed by atoms with Crippen molar-refractivity contribution in [2.75, 3.05) is 13.7 Å². The number of ether oxygens (including phenoxy) is 2. The average Bonchev–Trinajstić information content (AvgIpc) is 2.93. The third kappa shape index (κ3) is 6.09. The molecule has 3 atom stereocenters. The van der Waals surface area contributed by atoms with Crippen molar-refractivity contribution >= 4 is 17.8 Å². The van der Waals surface area contributed by atoms with Gasteiger partial charge in [-0.15, -0.1) is 0 Å². The van der Waals surface area contributed by atoms with E-state index in [2.05, 4.69) is 10.6 Å². The molecule has 2 heterocycles. The van der Waals surface area contributed by atoms with Gasteiger partial charge in [0, 0.05) is 36.8 Å². The van der Waals surface area contributed by atoms with Crippen LogP contribution in [0, 0.1) is 5.41 Å². The molecule has 1 fully saturated rings. The van der Waals surface area contributed by atoms with Crippen LogP contribution in [0.5, 0.6) is 5.75 Å². The van der Waals surface area contributed by atoms with Crippen molar-refractivity contribution in [3.05, 3.63) is 65.2 Å². The van der Waals surface area contributed by atoms with Crippen molar-refractivity contribution < 1.29 is 32.2 Å². The lowest BCUT2D eigenvalue weighted by molar-refractivity contribution is -0.201. The fourth-order valence-electron chi connectivity index (χ4n) is 5.42. The Kier molecular flexibility index (Phi) is 8.72. The third-order valence-electron chi connectivity index (χ3n) is 7.86. The van der Waals surface area contributed by atoms with Crippen molar-refractivity contribution in [3.8, 4) is 5.75 Å². The van der Waals surface area contributed by atoms with E-state index in [-0.39, 0.29) is 29.6 Å². The number of carbonyl (C=O) groups excluding carboxylic acids is 2. The zero-order valence-corrected chi connectivity index (χ0v) is 22.8. The third-order valence-corrected chi connectivity index (χ3v) is 7.86. The van der Waals surface area contributed by atoms with E-state index >= 15 is 0 Å². The van der Waals surface area contributed by atoms with E-state index in [1.807, 2.05) is 13.8 Å². The van der Waals surface area contributed by atoms with Crippen molar-refractivity contribution in [3.63, 3.8) is 0 Å². The van der Waals surface area contributed by atoms with Gasteiger partial charge < -0.3 is 20.1 Å². The van der Waals surface area contributed by atoms with Crippen LogP contribution in [0.15, 0.2) is 48.5 Å². The second-order valence-corrected chi connectivity index (χ2v) is 10.3. The van der Waals surface area contributed by atoms with Crippen LogP contribution in [0.3, 0.4) is 0 Å². The minimum atomic E-state index is -4.59. The molecule has 0 saturated carbocycles. The van der Waals surface area contributed by atoms with Crippen LogP contribution in [0.4, 0.5) is 13.2 Å². The maximum atomic E-state index is 13.5. The highest BCUT2D eigenvalue weighted by molar-refractivity contribution is 6.00. The summed E-state index contributed by atoms with van der Waals surface area (Å²) >= 11 is 0. The van der Waals surface area contributed by atoms with Crippen LogP contribution >= 0.6 is 0 Å². The molecule has 0 bridgehead atoms. The van der Waals surface area contributed by atoms with Gasteiger partial charge >= 0.3 is 6.18 Å². The lowest BCUT2D eigenvalue weighted by atomic mass is 9.86. The topological polar surface area (TPSA) is 104 Å². The predicted molar refractivity (Wildman–Crippen MR) is 143 cm³/mol. The number of rotatable bonds is 9. The molecule has 1 unspecified atom stereocenters. The minimum absolute atomic E-state index is 0.00656. The molecule has 3 N–H and O–H groups in total. The highest BCUT2D eigenvalue weighted by Gasteiger charge is 2.46. The van der Waals surface area contributed by atoms with Gasteiger partial charge in [0.15, 0.2) is 12.1 Å². The molecule has 4 rings (SSSR count). The summed E-state index contributed by atoms with van der Waals surface area (Å²) in [5, 5.41) is 14.6. The first-order chi connectivity index (χ1) is 19.0. The predicted octanol–water partition coefficient (Wildman–Crippen LogP) is 5.26.